The molecule has 1 heterocycles. The molecule has 0 saturated heterocycles. The normalized spacial score (nSPS) is 14.8. The molecular formula is C12H21N3O. The number of aromatic nitrogens is 2. The van der Waals surface area contributed by atoms with Crippen LogP contribution in [0.25, 0.3) is 0 Å². The van der Waals surface area contributed by atoms with Crippen LogP contribution < -0.4 is 5.32 Å². The van der Waals surface area contributed by atoms with Crippen molar-refractivity contribution in [3.8, 4) is 0 Å². The average Bonchev–Trinajstić information content (AvgIpc) is 2.30. The predicted molar refractivity (Wildman–Crippen MR) is 64.1 cm³/mol. The summed E-state index contributed by atoms with van der Waals surface area (Å²) in [5.74, 6) is 0.768. The molecule has 1 aromatic heterocycles. The van der Waals surface area contributed by atoms with Crippen molar-refractivity contribution >= 4 is 0 Å². The summed E-state index contributed by atoms with van der Waals surface area (Å²) in [6.45, 7) is 7.54. The quantitative estimate of drug-likeness (QED) is 0.799. The largest absolute Gasteiger partial charge is 0.368 e. The SMILES string of the molecule is CCOC(C)(CC)c1nccc(CNC)n1. The molecule has 1 atom stereocenters. The van der Waals surface area contributed by atoms with Crippen molar-refractivity contribution in [3.63, 3.8) is 0 Å². The van der Waals surface area contributed by atoms with Gasteiger partial charge in [-0.3, -0.25) is 0 Å². The van der Waals surface area contributed by atoms with Crippen LogP contribution in [0.15, 0.2) is 12.3 Å². The van der Waals surface area contributed by atoms with Gasteiger partial charge in [0.1, 0.15) is 5.60 Å². The maximum absolute atomic E-state index is 5.75. The molecule has 1 rings (SSSR count). The lowest BCUT2D eigenvalue weighted by Gasteiger charge is -2.26. The first-order valence-corrected chi connectivity index (χ1v) is 5.77. The lowest BCUT2D eigenvalue weighted by Crippen LogP contribution is -2.28. The van der Waals surface area contributed by atoms with E-state index in [2.05, 4.69) is 22.2 Å². The lowest BCUT2D eigenvalue weighted by atomic mass is 10.0. The van der Waals surface area contributed by atoms with E-state index < -0.39 is 0 Å². The third kappa shape index (κ3) is 3.00. The van der Waals surface area contributed by atoms with Crippen molar-refractivity contribution in [2.45, 2.75) is 39.3 Å². The van der Waals surface area contributed by atoms with Gasteiger partial charge in [-0.2, -0.15) is 0 Å². The monoisotopic (exact) mass is 223 g/mol. The molecule has 0 saturated carbocycles. The standard InChI is InChI=1S/C12H21N3O/c1-5-12(3,16-6-2)11-14-8-7-10(15-11)9-13-4/h7-8,13H,5-6,9H2,1-4H3. The van der Waals surface area contributed by atoms with E-state index >= 15 is 0 Å². The fourth-order valence-electron chi connectivity index (χ4n) is 1.57. The van der Waals surface area contributed by atoms with Crippen molar-refractivity contribution in [2.75, 3.05) is 13.7 Å². The second-order valence-electron chi connectivity index (χ2n) is 3.92. The first-order valence-electron chi connectivity index (χ1n) is 5.77. The first-order chi connectivity index (χ1) is 7.66. The summed E-state index contributed by atoms with van der Waals surface area (Å²) >= 11 is 0. The third-order valence-corrected chi connectivity index (χ3v) is 2.68. The third-order valence-electron chi connectivity index (χ3n) is 2.68. The molecule has 90 valence electrons. The molecule has 0 fully saturated rings. The zero-order chi connectivity index (χ0) is 12.0. The van der Waals surface area contributed by atoms with Crippen molar-refractivity contribution < 1.29 is 4.74 Å². The van der Waals surface area contributed by atoms with Crippen LogP contribution in [0.3, 0.4) is 0 Å². The molecule has 4 nitrogen and oxygen atoms in total. The van der Waals surface area contributed by atoms with Gasteiger partial charge in [-0.05, 0) is 33.4 Å². The fraction of sp³-hybridized carbons (Fsp3) is 0.667. The second-order valence-corrected chi connectivity index (χ2v) is 3.92. The van der Waals surface area contributed by atoms with Gasteiger partial charge >= 0.3 is 0 Å². The van der Waals surface area contributed by atoms with Crippen molar-refractivity contribution in [1.29, 1.82) is 0 Å². The fourth-order valence-corrected chi connectivity index (χ4v) is 1.57. The van der Waals surface area contributed by atoms with Gasteiger partial charge in [0.15, 0.2) is 5.82 Å². The zero-order valence-corrected chi connectivity index (χ0v) is 10.6. The van der Waals surface area contributed by atoms with Crippen LogP contribution in [-0.4, -0.2) is 23.6 Å². The molecule has 1 aromatic rings. The van der Waals surface area contributed by atoms with Gasteiger partial charge in [0, 0.05) is 19.3 Å². The zero-order valence-electron chi connectivity index (χ0n) is 10.6. The Bertz CT molecular complexity index is 330. The Labute approximate surface area is 97.5 Å². The van der Waals surface area contributed by atoms with E-state index in [1.807, 2.05) is 27.0 Å². The highest BCUT2D eigenvalue weighted by Gasteiger charge is 2.28. The van der Waals surface area contributed by atoms with Gasteiger partial charge in [-0.1, -0.05) is 6.92 Å². The number of hydrogen-bond donors (Lipinski definition) is 1. The average molecular weight is 223 g/mol. The smallest absolute Gasteiger partial charge is 0.160 e. The van der Waals surface area contributed by atoms with Crippen LogP contribution in [0.5, 0.6) is 0 Å². The van der Waals surface area contributed by atoms with Crippen molar-refractivity contribution in [2.24, 2.45) is 0 Å². The molecular weight excluding hydrogens is 202 g/mol. The minimum atomic E-state index is -0.376. The van der Waals surface area contributed by atoms with Gasteiger partial charge in [0.2, 0.25) is 0 Å². The highest BCUT2D eigenvalue weighted by Crippen LogP contribution is 2.25. The molecule has 0 spiro atoms. The maximum atomic E-state index is 5.75. The first kappa shape index (κ1) is 13.1. The van der Waals surface area contributed by atoms with E-state index in [-0.39, 0.29) is 5.60 Å². The van der Waals surface area contributed by atoms with Crippen LogP contribution in [-0.2, 0) is 16.9 Å². The van der Waals surface area contributed by atoms with Crippen LogP contribution >= 0.6 is 0 Å². The predicted octanol–water partition coefficient (Wildman–Crippen LogP) is 1.86. The summed E-state index contributed by atoms with van der Waals surface area (Å²) in [5.41, 5.74) is 0.616. The number of hydrogen-bond acceptors (Lipinski definition) is 4. The highest BCUT2D eigenvalue weighted by molar-refractivity contribution is 5.07. The highest BCUT2D eigenvalue weighted by atomic mass is 16.5. The number of nitrogens with one attached hydrogen (secondary N) is 1. The van der Waals surface area contributed by atoms with Gasteiger partial charge in [-0.25, -0.2) is 9.97 Å². The van der Waals surface area contributed by atoms with Crippen LogP contribution in [0.4, 0.5) is 0 Å². The Morgan fingerprint density at radius 1 is 1.44 bits per heavy atom. The number of ether oxygens (including phenoxy) is 1. The topological polar surface area (TPSA) is 47.0 Å². The summed E-state index contributed by atoms with van der Waals surface area (Å²) in [6, 6.07) is 1.92. The van der Waals surface area contributed by atoms with Gasteiger partial charge < -0.3 is 10.1 Å². The van der Waals surface area contributed by atoms with Gasteiger partial charge in [0.05, 0.1) is 5.69 Å². The second kappa shape index (κ2) is 5.92. The molecule has 0 bridgehead atoms. The Morgan fingerprint density at radius 2 is 2.19 bits per heavy atom. The summed E-state index contributed by atoms with van der Waals surface area (Å²) in [5, 5.41) is 3.08. The molecule has 0 aliphatic rings. The molecule has 1 N–H and O–H groups in total. The van der Waals surface area contributed by atoms with Crippen LogP contribution in [0.2, 0.25) is 0 Å². The molecule has 0 aliphatic carbocycles. The summed E-state index contributed by atoms with van der Waals surface area (Å²) in [7, 11) is 1.91. The molecule has 0 amide bonds. The maximum Gasteiger partial charge on any atom is 0.160 e. The Hall–Kier alpha value is -1.00. The molecule has 1 unspecified atom stereocenters. The Balaban J connectivity index is 2.96. The minimum absolute atomic E-state index is 0.376. The van der Waals surface area contributed by atoms with E-state index in [0.717, 1.165) is 24.5 Å². The van der Waals surface area contributed by atoms with Crippen molar-refractivity contribution in [3.05, 3.63) is 23.8 Å². The van der Waals surface area contributed by atoms with Crippen molar-refractivity contribution in [1.82, 2.24) is 15.3 Å². The van der Waals surface area contributed by atoms with Crippen LogP contribution in [0, 0.1) is 0 Å². The van der Waals surface area contributed by atoms with Gasteiger partial charge in [-0.15, -0.1) is 0 Å². The molecule has 0 aromatic carbocycles. The summed E-state index contributed by atoms with van der Waals surface area (Å²) in [6.07, 6.45) is 2.66. The Morgan fingerprint density at radius 3 is 2.75 bits per heavy atom. The molecule has 16 heavy (non-hydrogen) atoms. The van der Waals surface area contributed by atoms with Crippen LogP contribution in [0.1, 0.15) is 38.7 Å². The number of rotatable bonds is 6. The van der Waals surface area contributed by atoms with E-state index in [9.17, 15) is 0 Å². The summed E-state index contributed by atoms with van der Waals surface area (Å²) in [4.78, 5) is 8.84. The lowest BCUT2D eigenvalue weighted by molar-refractivity contribution is -0.0392. The van der Waals surface area contributed by atoms with E-state index in [1.54, 1.807) is 6.20 Å². The van der Waals surface area contributed by atoms with E-state index in [0.29, 0.717) is 6.61 Å². The minimum Gasteiger partial charge on any atom is -0.368 e. The molecule has 0 aliphatic heterocycles. The van der Waals surface area contributed by atoms with E-state index in [4.69, 9.17) is 4.74 Å². The Kier molecular flexibility index (Phi) is 4.83. The molecule has 0 radical (unpaired) electrons. The van der Waals surface area contributed by atoms with E-state index in [1.165, 1.54) is 0 Å². The van der Waals surface area contributed by atoms with Gasteiger partial charge in [0.25, 0.3) is 0 Å². The number of nitrogens with zero attached hydrogens (tertiary/aromatic N) is 2. The molecule has 4 heteroatoms. The summed E-state index contributed by atoms with van der Waals surface area (Å²) < 4.78 is 5.75.